The van der Waals surface area contributed by atoms with Gasteiger partial charge in [-0.25, -0.2) is 0 Å². The summed E-state index contributed by atoms with van der Waals surface area (Å²) in [5.41, 5.74) is 1.86. The Morgan fingerprint density at radius 2 is 2.00 bits per heavy atom. The van der Waals surface area contributed by atoms with Crippen LogP contribution in [0.15, 0.2) is 36.0 Å². The molecular weight excluding hydrogens is 276 g/mol. The van der Waals surface area contributed by atoms with Gasteiger partial charge in [0.2, 0.25) is 0 Å². The number of likely N-dealkylation sites (N-methyl/N-ethyl adjacent to an activating group) is 1. The summed E-state index contributed by atoms with van der Waals surface area (Å²) in [6.07, 6.45) is 1.68. The van der Waals surface area contributed by atoms with Crippen LogP contribution in [0.3, 0.4) is 0 Å². The topological polar surface area (TPSA) is 59.4 Å². The predicted molar refractivity (Wildman–Crippen MR) is 87.2 cm³/mol. The molecule has 1 aromatic carbocycles. The highest BCUT2D eigenvalue weighted by atomic mass is 16.1. The summed E-state index contributed by atoms with van der Waals surface area (Å²) in [5, 5.41) is 12.1. The van der Waals surface area contributed by atoms with Crippen molar-refractivity contribution in [3.8, 4) is 6.07 Å². The maximum absolute atomic E-state index is 12.3. The van der Waals surface area contributed by atoms with E-state index in [0.29, 0.717) is 0 Å². The largest absolute Gasteiger partial charge is 0.374 e. The Kier molecular flexibility index (Phi) is 5.56. The second kappa shape index (κ2) is 7.62. The number of benzene rings is 1. The first-order chi connectivity index (χ1) is 10.6. The predicted octanol–water partition coefficient (Wildman–Crippen LogP) is 1.98. The number of anilines is 1. The number of rotatable bonds is 4. The van der Waals surface area contributed by atoms with Crippen molar-refractivity contribution in [1.29, 1.82) is 5.26 Å². The highest BCUT2D eigenvalue weighted by Gasteiger charge is 2.16. The number of piperazine rings is 1. The minimum absolute atomic E-state index is 0.146. The van der Waals surface area contributed by atoms with Gasteiger partial charge in [-0.05, 0) is 25.1 Å². The van der Waals surface area contributed by atoms with E-state index in [4.69, 9.17) is 0 Å². The van der Waals surface area contributed by atoms with Gasteiger partial charge < -0.3 is 15.1 Å². The SMILES string of the molecule is CCN1CCN(/C=C(/C#N)C(=O)Nc2ccccc2C)CC1. The number of carbonyl (C=O) groups is 1. The number of carbonyl (C=O) groups excluding carboxylic acids is 1. The lowest BCUT2D eigenvalue weighted by Crippen LogP contribution is -2.44. The van der Waals surface area contributed by atoms with Gasteiger partial charge in [0.05, 0.1) is 0 Å². The number of nitrogens with zero attached hydrogens (tertiary/aromatic N) is 3. The van der Waals surface area contributed by atoms with E-state index < -0.39 is 0 Å². The van der Waals surface area contributed by atoms with Gasteiger partial charge in [-0.15, -0.1) is 0 Å². The van der Waals surface area contributed by atoms with Crippen LogP contribution in [0.2, 0.25) is 0 Å². The lowest BCUT2D eigenvalue weighted by atomic mass is 10.2. The summed E-state index contributed by atoms with van der Waals surface area (Å²) < 4.78 is 0. The van der Waals surface area contributed by atoms with Crippen LogP contribution in [-0.4, -0.2) is 48.4 Å². The summed E-state index contributed by atoms with van der Waals surface area (Å²) in [7, 11) is 0. The third-order valence-electron chi connectivity index (χ3n) is 3.92. The number of para-hydroxylation sites is 1. The van der Waals surface area contributed by atoms with Gasteiger partial charge in [0.25, 0.3) is 5.91 Å². The molecule has 1 saturated heterocycles. The molecule has 1 N–H and O–H groups in total. The number of nitrogens with one attached hydrogen (secondary N) is 1. The Morgan fingerprint density at radius 3 is 2.59 bits per heavy atom. The highest BCUT2D eigenvalue weighted by molar-refractivity contribution is 6.06. The molecule has 1 aliphatic rings. The van der Waals surface area contributed by atoms with Gasteiger partial charge in [0, 0.05) is 38.1 Å². The van der Waals surface area contributed by atoms with Crippen LogP contribution in [0.1, 0.15) is 12.5 Å². The summed E-state index contributed by atoms with van der Waals surface area (Å²) >= 11 is 0. The average molecular weight is 298 g/mol. The Labute approximate surface area is 131 Å². The first kappa shape index (κ1) is 16.1. The van der Waals surface area contributed by atoms with Crippen molar-refractivity contribution in [2.45, 2.75) is 13.8 Å². The van der Waals surface area contributed by atoms with Gasteiger partial charge in [-0.1, -0.05) is 25.1 Å². The van der Waals surface area contributed by atoms with Crippen LogP contribution >= 0.6 is 0 Å². The van der Waals surface area contributed by atoms with Gasteiger partial charge in [-0.2, -0.15) is 5.26 Å². The van der Waals surface area contributed by atoms with Gasteiger partial charge in [-0.3, -0.25) is 4.79 Å². The minimum Gasteiger partial charge on any atom is -0.374 e. The van der Waals surface area contributed by atoms with Gasteiger partial charge >= 0.3 is 0 Å². The van der Waals surface area contributed by atoms with Crippen molar-refractivity contribution in [3.05, 3.63) is 41.6 Å². The molecule has 0 aromatic heterocycles. The molecule has 2 rings (SSSR count). The van der Waals surface area contributed by atoms with Crippen molar-refractivity contribution >= 4 is 11.6 Å². The molecule has 1 aromatic rings. The molecule has 22 heavy (non-hydrogen) atoms. The zero-order chi connectivity index (χ0) is 15.9. The fraction of sp³-hybridized carbons (Fsp3) is 0.412. The molecule has 0 radical (unpaired) electrons. The Bertz CT molecular complexity index is 595. The van der Waals surface area contributed by atoms with Crippen LogP contribution < -0.4 is 5.32 Å². The average Bonchev–Trinajstić information content (AvgIpc) is 2.55. The molecule has 5 heteroatoms. The van der Waals surface area contributed by atoms with Gasteiger partial charge in [0.15, 0.2) is 0 Å². The van der Waals surface area contributed by atoms with Crippen molar-refractivity contribution in [2.75, 3.05) is 38.0 Å². The van der Waals surface area contributed by atoms with Gasteiger partial charge in [0.1, 0.15) is 11.6 Å². The molecule has 5 nitrogen and oxygen atoms in total. The van der Waals surface area contributed by atoms with Crippen molar-refractivity contribution < 1.29 is 4.79 Å². The molecule has 1 fully saturated rings. The number of nitriles is 1. The Hall–Kier alpha value is -2.32. The maximum atomic E-state index is 12.3. The van der Waals surface area contributed by atoms with E-state index in [1.54, 1.807) is 6.20 Å². The molecule has 1 aliphatic heterocycles. The quantitative estimate of drug-likeness (QED) is 0.682. The molecule has 1 heterocycles. The fourth-order valence-corrected chi connectivity index (χ4v) is 2.43. The van der Waals surface area contributed by atoms with Crippen LogP contribution in [0, 0.1) is 18.3 Å². The molecule has 0 spiro atoms. The molecule has 116 valence electrons. The highest BCUT2D eigenvalue weighted by Crippen LogP contribution is 2.14. The van der Waals surface area contributed by atoms with E-state index in [2.05, 4.69) is 17.1 Å². The number of amides is 1. The number of hydrogen-bond donors (Lipinski definition) is 1. The maximum Gasteiger partial charge on any atom is 0.267 e. The third kappa shape index (κ3) is 4.09. The molecule has 0 atom stereocenters. The summed E-state index contributed by atoms with van der Waals surface area (Å²) in [6, 6.07) is 9.55. The second-order valence-electron chi connectivity index (χ2n) is 5.39. The molecular formula is C17H22N4O. The lowest BCUT2D eigenvalue weighted by molar-refractivity contribution is -0.112. The molecule has 0 bridgehead atoms. The van der Waals surface area contributed by atoms with Crippen LogP contribution in [0.25, 0.3) is 0 Å². The monoisotopic (exact) mass is 298 g/mol. The van der Waals surface area contributed by atoms with E-state index in [9.17, 15) is 10.1 Å². The number of hydrogen-bond acceptors (Lipinski definition) is 4. The minimum atomic E-state index is -0.352. The first-order valence-electron chi connectivity index (χ1n) is 7.59. The Balaban J connectivity index is 2.02. The normalized spacial score (nSPS) is 16.2. The molecule has 1 amide bonds. The standard InChI is InChI=1S/C17H22N4O/c1-3-20-8-10-21(11-9-20)13-15(12-18)17(22)19-16-7-5-4-6-14(16)2/h4-7,13H,3,8-11H2,1-2H3,(H,19,22)/b15-13-. The Morgan fingerprint density at radius 1 is 1.32 bits per heavy atom. The lowest BCUT2D eigenvalue weighted by Gasteiger charge is -2.33. The summed E-state index contributed by atoms with van der Waals surface area (Å²) in [6.45, 7) is 8.72. The third-order valence-corrected chi connectivity index (χ3v) is 3.92. The van der Waals surface area contributed by atoms with E-state index >= 15 is 0 Å². The zero-order valence-corrected chi connectivity index (χ0v) is 13.2. The van der Waals surface area contributed by atoms with Crippen molar-refractivity contribution in [1.82, 2.24) is 9.80 Å². The van der Waals surface area contributed by atoms with Crippen LogP contribution in [0.4, 0.5) is 5.69 Å². The van der Waals surface area contributed by atoms with E-state index in [0.717, 1.165) is 44.0 Å². The summed E-state index contributed by atoms with van der Waals surface area (Å²) in [5.74, 6) is -0.352. The van der Waals surface area contributed by atoms with Crippen molar-refractivity contribution in [3.63, 3.8) is 0 Å². The summed E-state index contributed by atoms with van der Waals surface area (Å²) in [4.78, 5) is 16.6. The second-order valence-corrected chi connectivity index (χ2v) is 5.39. The first-order valence-corrected chi connectivity index (χ1v) is 7.59. The van der Waals surface area contributed by atoms with Crippen molar-refractivity contribution in [2.24, 2.45) is 0 Å². The van der Waals surface area contributed by atoms with E-state index in [-0.39, 0.29) is 11.5 Å². The smallest absolute Gasteiger partial charge is 0.267 e. The van der Waals surface area contributed by atoms with E-state index in [1.807, 2.05) is 42.2 Å². The fourth-order valence-electron chi connectivity index (χ4n) is 2.43. The molecule has 0 aliphatic carbocycles. The molecule has 0 unspecified atom stereocenters. The van der Waals surface area contributed by atoms with Crippen LogP contribution in [0.5, 0.6) is 0 Å². The van der Waals surface area contributed by atoms with E-state index in [1.165, 1.54) is 0 Å². The molecule has 0 saturated carbocycles. The van der Waals surface area contributed by atoms with Crippen LogP contribution in [-0.2, 0) is 4.79 Å². The number of aryl methyl sites for hydroxylation is 1. The zero-order valence-electron chi connectivity index (χ0n) is 13.2.